The summed E-state index contributed by atoms with van der Waals surface area (Å²) in [5.41, 5.74) is 1.91. The van der Waals surface area contributed by atoms with Gasteiger partial charge >= 0.3 is 0 Å². The molecule has 0 bridgehead atoms. The number of pyridine rings is 1. The standard InChI is InChI=1S/C16H18BrFN2O/c1-3-6-19-10-12-7-11(2)20-16(8-12)21-15-9-13(17)4-5-14(15)18/h4-5,7-9,19H,3,6,10H2,1-2H3. The van der Waals surface area contributed by atoms with E-state index in [1.54, 1.807) is 12.1 Å². The number of benzene rings is 1. The monoisotopic (exact) mass is 352 g/mol. The number of nitrogens with zero attached hydrogens (tertiary/aromatic N) is 1. The van der Waals surface area contributed by atoms with Crippen LogP contribution in [-0.4, -0.2) is 11.5 Å². The summed E-state index contributed by atoms with van der Waals surface area (Å²) in [7, 11) is 0. The van der Waals surface area contributed by atoms with Crippen molar-refractivity contribution in [2.45, 2.75) is 26.8 Å². The molecule has 1 heterocycles. The first-order valence-electron chi connectivity index (χ1n) is 6.89. The minimum absolute atomic E-state index is 0.162. The van der Waals surface area contributed by atoms with E-state index in [9.17, 15) is 4.39 Å². The number of aryl methyl sites for hydroxylation is 1. The normalized spacial score (nSPS) is 10.7. The van der Waals surface area contributed by atoms with E-state index in [0.717, 1.165) is 35.2 Å². The summed E-state index contributed by atoms with van der Waals surface area (Å²) in [4.78, 5) is 4.30. The van der Waals surface area contributed by atoms with Crippen LogP contribution in [0, 0.1) is 12.7 Å². The quantitative estimate of drug-likeness (QED) is 0.772. The van der Waals surface area contributed by atoms with Crippen LogP contribution in [0.3, 0.4) is 0 Å². The number of nitrogens with one attached hydrogen (secondary N) is 1. The molecule has 0 radical (unpaired) electrons. The third-order valence-electron chi connectivity index (χ3n) is 2.85. The molecule has 1 aromatic carbocycles. The van der Waals surface area contributed by atoms with Crippen LogP contribution in [0.25, 0.3) is 0 Å². The van der Waals surface area contributed by atoms with Crippen molar-refractivity contribution in [3.05, 3.63) is 51.9 Å². The number of hydrogen-bond donors (Lipinski definition) is 1. The fourth-order valence-electron chi connectivity index (χ4n) is 1.94. The lowest BCUT2D eigenvalue weighted by Gasteiger charge is -2.10. The van der Waals surface area contributed by atoms with Gasteiger partial charge in [-0.15, -0.1) is 0 Å². The second-order valence-corrected chi connectivity index (χ2v) is 5.72. The first-order chi connectivity index (χ1) is 10.1. The first kappa shape index (κ1) is 15.9. The highest BCUT2D eigenvalue weighted by molar-refractivity contribution is 9.10. The average Bonchev–Trinajstić information content (AvgIpc) is 2.43. The predicted molar refractivity (Wildman–Crippen MR) is 85.1 cm³/mol. The molecule has 2 rings (SSSR count). The van der Waals surface area contributed by atoms with E-state index >= 15 is 0 Å². The molecule has 0 amide bonds. The maximum absolute atomic E-state index is 13.7. The van der Waals surface area contributed by atoms with Gasteiger partial charge in [-0.2, -0.15) is 0 Å². The lowest BCUT2D eigenvalue weighted by Crippen LogP contribution is -2.14. The minimum Gasteiger partial charge on any atom is -0.436 e. The molecule has 21 heavy (non-hydrogen) atoms. The van der Waals surface area contributed by atoms with E-state index in [1.807, 2.05) is 19.1 Å². The third-order valence-corrected chi connectivity index (χ3v) is 3.35. The molecule has 0 atom stereocenters. The molecule has 0 spiro atoms. The Hall–Kier alpha value is -1.46. The van der Waals surface area contributed by atoms with Gasteiger partial charge < -0.3 is 10.1 Å². The van der Waals surface area contributed by atoms with Gasteiger partial charge in [-0.05, 0) is 49.7 Å². The highest BCUT2D eigenvalue weighted by atomic mass is 79.9. The second-order valence-electron chi connectivity index (χ2n) is 4.81. The zero-order valence-corrected chi connectivity index (χ0v) is 13.7. The van der Waals surface area contributed by atoms with Crippen molar-refractivity contribution in [3.63, 3.8) is 0 Å². The number of halogens is 2. The van der Waals surface area contributed by atoms with Crippen LogP contribution in [0.2, 0.25) is 0 Å². The Morgan fingerprint density at radius 3 is 2.86 bits per heavy atom. The van der Waals surface area contributed by atoms with Crippen LogP contribution in [0.15, 0.2) is 34.8 Å². The number of hydrogen-bond acceptors (Lipinski definition) is 3. The summed E-state index contributed by atoms with van der Waals surface area (Å²) in [6, 6.07) is 8.40. The summed E-state index contributed by atoms with van der Waals surface area (Å²) in [5, 5.41) is 3.33. The maximum Gasteiger partial charge on any atom is 0.219 e. The van der Waals surface area contributed by atoms with Crippen molar-refractivity contribution in [1.29, 1.82) is 0 Å². The van der Waals surface area contributed by atoms with Crippen LogP contribution < -0.4 is 10.1 Å². The topological polar surface area (TPSA) is 34.2 Å². The predicted octanol–water partition coefficient (Wildman–Crippen LogP) is 4.58. The smallest absolute Gasteiger partial charge is 0.219 e. The van der Waals surface area contributed by atoms with Gasteiger partial charge in [-0.1, -0.05) is 22.9 Å². The van der Waals surface area contributed by atoms with Crippen molar-refractivity contribution in [1.82, 2.24) is 10.3 Å². The Bertz CT molecular complexity index is 619. The Morgan fingerprint density at radius 2 is 2.10 bits per heavy atom. The number of rotatable bonds is 6. The summed E-state index contributed by atoms with van der Waals surface area (Å²) in [6.07, 6.45) is 1.08. The van der Waals surface area contributed by atoms with Gasteiger partial charge in [0.1, 0.15) is 0 Å². The molecule has 1 aromatic heterocycles. The van der Waals surface area contributed by atoms with E-state index in [-0.39, 0.29) is 5.75 Å². The molecule has 3 nitrogen and oxygen atoms in total. The van der Waals surface area contributed by atoms with E-state index in [2.05, 4.69) is 33.2 Å². The van der Waals surface area contributed by atoms with E-state index in [1.165, 1.54) is 6.07 Å². The van der Waals surface area contributed by atoms with Gasteiger partial charge in [-0.3, -0.25) is 0 Å². The number of aromatic nitrogens is 1. The fraction of sp³-hybridized carbons (Fsp3) is 0.312. The summed E-state index contributed by atoms with van der Waals surface area (Å²) in [6.45, 7) is 5.72. The van der Waals surface area contributed by atoms with Crippen LogP contribution in [0.4, 0.5) is 4.39 Å². The van der Waals surface area contributed by atoms with Gasteiger partial charge in [0, 0.05) is 22.8 Å². The largest absolute Gasteiger partial charge is 0.436 e. The van der Waals surface area contributed by atoms with Crippen LogP contribution in [0.1, 0.15) is 24.6 Å². The molecular weight excluding hydrogens is 335 g/mol. The van der Waals surface area contributed by atoms with E-state index < -0.39 is 5.82 Å². The van der Waals surface area contributed by atoms with E-state index in [4.69, 9.17) is 4.74 Å². The van der Waals surface area contributed by atoms with Crippen molar-refractivity contribution >= 4 is 15.9 Å². The van der Waals surface area contributed by atoms with Gasteiger partial charge in [-0.25, -0.2) is 9.37 Å². The van der Waals surface area contributed by atoms with Gasteiger partial charge in [0.2, 0.25) is 5.88 Å². The van der Waals surface area contributed by atoms with E-state index in [0.29, 0.717) is 5.88 Å². The summed E-state index contributed by atoms with van der Waals surface area (Å²) < 4.78 is 20.1. The number of ether oxygens (including phenoxy) is 1. The highest BCUT2D eigenvalue weighted by Gasteiger charge is 2.08. The van der Waals surface area contributed by atoms with Crippen molar-refractivity contribution < 1.29 is 9.13 Å². The first-order valence-corrected chi connectivity index (χ1v) is 7.69. The van der Waals surface area contributed by atoms with Gasteiger partial charge in [0.15, 0.2) is 11.6 Å². The lowest BCUT2D eigenvalue weighted by atomic mass is 10.2. The molecule has 0 aliphatic rings. The molecule has 5 heteroatoms. The molecule has 0 saturated heterocycles. The SMILES string of the molecule is CCCNCc1cc(C)nc(Oc2cc(Br)ccc2F)c1. The highest BCUT2D eigenvalue weighted by Crippen LogP contribution is 2.27. The maximum atomic E-state index is 13.7. The Morgan fingerprint density at radius 1 is 1.29 bits per heavy atom. The zero-order chi connectivity index (χ0) is 15.2. The van der Waals surface area contributed by atoms with Crippen molar-refractivity contribution in [2.75, 3.05) is 6.54 Å². The minimum atomic E-state index is -0.410. The van der Waals surface area contributed by atoms with Crippen LogP contribution in [-0.2, 0) is 6.54 Å². The Balaban J connectivity index is 2.17. The lowest BCUT2D eigenvalue weighted by molar-refractivity contribution is 0.425. The van der Waals surface area contributed by atoms with Crippen molar-refractivity contribution in [3.8, 4) is 11.6 Å². The molecule has 0 fully saturated rings. The Labute approximate surface area is 132 Å². The molecule has 0 unspecified atom stereocenters. The van der Waals surface area contributed by atoms with Gasteiger partial charge in [0.05, 0.1) is 0 Å². The molecule has 0 saturated carbocycles. The average molecular weight is 353 g/mol. The fourth-order valence-corrected chi connectivity index (χ4v) is 2.28. The second kappa shape index (κ2) is 7.52. The molecule has 0 aliphatic carbocycles. The van der Waals surface area contributed by atoms with Crippen LogP contribution in [0.5, 0.6) is 11.6 Å². The molecular formula is C16H18BrFN2O. The Kier molecular flexibility index (Phi) is 5.70. The molecule has 2 aromatic rings. The summed E-state index contributed by atoms with van der Waals surface area (Å²) in [5.74, 6) is 0.155. The third kappa shape index (κ3) is 4.79. The summed E-state index contributed by atoms with van der Waals surface area (Å²) >= 11 is 3.30. The molecule has 112 valence electrons. The van der Waals surface area contributed by atoms with Crippen LogP contribution >= 0.6 is 15.9 Å². The molecule has 1 N–H and O–H groups in total. The molecule has 0 aliphatic heterocycles. The zero-order valence-electron chi connectivity index (χ0n) is 12.1. The van der Waals surface area contributed by atoms with Crippen molar-refractivity contribution in [2.24, 2.45) is 0 Å². The van der Waals surface area contributed by atoms with Gasteiger partial charge in [0.25, 0.3) is 0 Å².